The zero-order valence-corrected chi connectivity index (χ0v) is 13.4. The molecule has 0 aromatic heterocycles. The van der Waals surface area contributed by atoms with Crippen molar-refractivity contribution in [3.8, 4) is 0 Å². The molecular formula is C13H16Br2N2O. The van der Waals surface area contributed by atoms with Gasteiger partial charge in [0, 0.05) is 21.5 Å². The monoisotopic (exact) mass is 374 g/mol. The second kappa shape index (κ2) is 6.17. The van der Waals surface area contributed by atoms with E-state index in [9.17, 15) is 4.79 Å². The van der Waals surface area contributed by atoms with Crippen molar-refractivity contribution in [2.45, 2.75) is 18.9 Å². The number of nitrogens with zero attached hydrogens (tertiary/aromatic N) is 1. The second-order valence-electron chi connectivity index (χ2n) is 4.61. The van der Waals surface area contributed by atoms with Crippen LogP contribution in [0.5, 0.6) is 0 Å². The molecule has 1 amide bonds. The van der Waals surface area contributed by atoms with E-state index in [1.807, 2.05) is 18.2 Å². The van der Waals surface area contributed by atoms with Gasteiger partial charge in [-0.25, -0.2) is 0 Å². The van der Waals surface area contributed by atoms with Crippen LogP contribution in [0.4, 0.5) is 0 Å². The Kier molecular flexibility index (Phi) is 4.81. The van der Waals surface area contributed by atoms with Gasteiger partial charge in [-0.1, -0.05) is 15.9 Å². The normalized spacial score (nSPS) is 20.1. The summed E-state index contributed by atoms with van der Waals surface area (Å²) < 4.78 is 1.73. The minimum Gasteiger partial charge on any atom is -0.350 e. The highest BCUT2D eigenvalue weighted by atomic mass is 79.9. The van der Waals surface area contributed by atoms with E-state index in [-0.39, 0.29) is 5.91 Å². The molecule has 2 rings (SSSR count). The molecule has 98 valence electrons. The van der Waals surface area contributed by atoms with Crippen LogP contribution in [0.15, 0.2) is 27.1 Å². The highest BCUT2D eigenvalue weighted by Gasteiger charge is 2.21. The number of benzene rings is 1. The zero-order valence-electron chi connectivity index (χ0n) is 10.2. The molecule has 1 atom stereocenters. The standard InChI is InChI=1S/C13H16Br2N2O/c1-17-6-2-3-10(17)8-16-13(18)11-7-9(14)4-5-12(11)15/h4-5,7,10H,2-3,6,8H2,1H3,(H,16,18). The minimum atomic E-state index is -0.0246. The average Bonchev–Trinajstić information content (AvgIpc) is 2.75. The lowest BCUT2D eigenvalue weighted by atomic mass is 10.2. The lowest BCUT2D eigenvalue weighted by molar-refractivity contribution is 0.0943. The Balaban J connectivity index is 1.97. The summed E-state index contributed by atoms with van der Waals surface area (Å²) in [4.78, 5) is 14.4. The van der Waals surface area contributed by atoms with Crippen molar-refractivity contribution in [3.63, 3.8) is 0 Å². The molecule has 1 unspecified atom stereocenters. The van der Waals surface area contributed by atoms with Crippen LogP contribution in [-0.4, -0.2) is 37.0 Å². The van der Waals surface area contributed by atoms with E-state index >= 15 is 0 Å². The van der Waals surface area contributed by atoms with Gasteiger partial charge in [0.25, 0.3) is 5.91 Å². The molecule has 1 heterocycles. The van der Waals surface area contributed by atoms with Gasteiger partial charge < -0.3 is 10.2 Å². The van der Waals surface area contributed by atoms with Crippen LogP contribution < -0.4 is 5.32 Å². The van der Waals surface area contributed by atoms with Crippen molar-refractivity contribution in [1.82, 2.24) is 10.2 Å². The zero-order chi connectivity index (χ0) is 13.1. The smallest absolute Gasteiger partial charge is 0.252 e. The molecule has 0 spiro atoms. The molecule has 1 aromatic carbocycles. The summed E-state index contributed by atoms with van der Waals surface area (Å²) in [5, 5.41) is 3.01. The summed E-state index contributed by atoms with van der Waals surface area (Å²) in [5.41, 5.74) is 0.671. The topological polar surface area (TPSA) is 32.3 Å². The Labute approximate surface area is 124 Å². The Morgan fingerprint density at radius 3 is 2.94 bits per heavy atom. The molecule has 0 aliphatic carbocycles. The van der Waals surface area contributed by atoms with Gasteiger partial charge in [0.15, 0.2) is 0 Å². The van der Waals surface area contributed by atoms with E-state index in [1.165, 1.54) is 6.42 Å². The number of hydrogen-bond acceptors (Lipinski definition) is 2. The number of carbonyl (C=O) groups is 1. The van der Waals surface area contributed by atoms with Gasteiger partial charge in [-0.3, -0.25) is 4.79 Å². The number of amides is 1. The van der Waals surface area contributed by atoms with Crippen molar-refractivity contribution in [3.05, 3.63) is 32.7 Å². The maximum atomic E-state index is 12.1. The van der Waals surface area contributed by atoms with Crippen molar-refractivity contribution >= 4 is 37.8 Å². The SMILES string of the molecule is CN1CCCC1CNC(=O)c1cc(Br)ccc1Br. The molecule has 1 aliphatic heterocycles. The second-order valence-corrected chi connectivity index (χ2v) is 6.38. The predicted molar refractivity (Wildman–Crippen MR) is 79.8 cm³/mol. The van der Waals surface area contributed by atoms with Crippen molar-refractivity contribution < 1.29 is 4.79 Å². The number of hydrogen-bond donors (Lipinski definition) is 1. The number of halogens is 2. The van der Waals surface area contributed by atoms with Gasteiger partial charge in [-0.2, -0.15) is 0 Å². The van der Waals surface area contributed by atoms with Crippen molar-refractivity contribution in [1.29, 1.82) is 0 Å². The molecular weight excluding hydrogens is 360 g/mol. The maximum absolute atomic E-state index is 12.1. The molecule has 18 heavy (non-hydrogen) atoms. The molecule has 1 saturated heterocycles. The predicted octanol–water partition coefficient (Wildman–Crippen LogP) is 3.04. The van der Waals surface area contributed by atoms with Crippen LogP contribution in [0.2, 0.25) is 0 Å². The van der Waals surface area contributed by atoms with Gasteiger partial charge in [-0.05, 0) is 60.6 Å². The number of likely N-dealkylation sites (N-methyl/N-ethyl adjacent to an activating group) is 1. The van der Waals surface area contributed by atoms with Gasteiger partial charge in [0.2, 0.25) is 0 Å². The van der Waals surface area contributed by atoms with Crippen molar-refractivity contribution in [2.75, 3.05) is 20.1 Å². The molecule has 0 radical (unpaired) electrons. The van der Waals surface area contributed by atoms with Crippen LogP contribution in [0.1, 0.15) is 23.2 Å². The molecule has 3 nitrogen and oxygen atoms in total. The van der Waals surface area contributed by atoms with E-state index in [2.05, 4.69) is 49.1 Å². The fourth-order valence-corrected chi connectivity index (χ4v) is 3.00. The average molecular weight is 376 g/mol. The Morgan fingerprint density at radius 1 is 1.50 bits per heavy atom. The molecule has 1 aliphatic rings. The largest absolute Gasteiger partial charge is 0.350 e. The van der Waals surface area contributed by atoms with Crippen LogP contribution in [0.25, 0.3) is 0 Å². The number of nitrogens with one attached hydrogen (secondary N) is 1. The third kappa shape index (κ3) is 3.33. The highest BCUT2D eigenvalue weighted by Crippen LogP contribution is 2.21. The van der Waals surface area contributed by atoms with E-state index < -0.39 is 0 Å². The Bertz CT molecular complexity index is 451. The van der Waals surface area contributed by atoms with Crippen molar-refractivity contribution in [2.24, 2.45) is 0 Å². The molecule has 1 fully saturated rings. The van der Waals surface area contributed by atoms with Gasteiger partial charge in [0.05, 0.1) is 5.56 Å². The van der Waals surface area contributed by atoms with Crippen LogP contribution in [-0.2, 0) is 0 Å². The number of carbonyl (C=O) groups excluding carboxylic acids is 1. The fraction of sp³-hybridized carbons (Fsp3) is 0.462. The van der Waals surface area contributed by atoms with E-state index in [1.54, 1.807) is 0 Å². The van der Waals surface area contributed by atoms with Crippen LogP contribution in [0.3, 0.4) is 0 Å². The third-order valence-electron chi connectivity index (χ3n) is 3.34. The maximum Gasteiger partial charge on any atom is 0.252 e. The summed E-state index contributed by atoms with van der Waals surface area (Å²) >= 11 is 6.79. The lowest BCUT2D eigenvalue weighted by Crippen LogP contribution is -2.38. The first-order chi connectivity index (χ1) is 8.58. The van der Waals surface area contributed by atoms with Gasteiger partial charge in [0.1, 0.15) is 0 Å². The fourth-order valence-electron chi connectivity index (χ4n) is 2.21. The molecule has 0 saturated carbocycles. The molecule has 1 N–H and O–H groups in total. The first kappa shape index (κ1) is 14.0. The van der Waals surface area contributed by atoms with Crippen LogP contribution >= 0.6 is 31.9 Å². The minimum absolute atomic E-state index is 0.0246. The van der Waals surface area contributed by atoms with E-state index in [0.29, 0.717) is 18.2 Å². The highest BCUT2D eigenvalue weighted by molar-refractivity contribution is 9.11. The summed E-state index contributed by atoms with van der Waals surface area (Å²) in [6, 6.07) is 6.09. The van der Waals surface area contributed by atoms with Crippen LogP contribution in [0, 0.1) is 0 Å². The van der Waals surface area contributed by atoms with E-state index in [0.717, 1.165) is 21.9 Å². The first-order valence-electron chi connectivity index (χ1n) is 6.01. The van der Waals surface area contributed by atoms with E-state index in [4.69, 9.17) is 0 Å². The van der Waals surface area contributed by atoms with Gasteiger partial charge >= 0.3 is 0 Å². The number of rotatable bonds is 3. The summed E-state index contributed by atoms with van der Waals surface area (Å²) in [6.45, 7) is 1.84. The Hall–Kier alpha value is -0.390. The molecule has 1 aromatic rings. The third-order valence-corrected chi connectivity index (χ3v) is 4.53. The number of likely N-dealkylation sites (tertiary alicyclic amines) is 1. The molecule has 0 bridgehead atoms. The quantitative estimate of drug-likeness (QED) is 0.880. The summed E-state index contributed by atoms with van der Waals surface area (Å²) in [7, 11) is 2.11. The Morgan fingerprint density at radius 2 is 2.28 bits per heavy atom. The molecule has 5 heteroatoms. The first-order valence-corrected chi connectivity index (χ1v) is 7.60. The summed E-state index contributed by atoms with van der Waals surface area (Å²) in [5.74, 6) is -0.0246. The summed E-state index contributed by atoms with van der Waals surface area (Å²) in [6.07, 6.45) is 2.38. The van der Waals surface area contributed by atoms with Gasteiger partial charge in [-0.15, -0.1) is 0 Å². The lowest BCUT2D eigenvalue weighted by Gasteiger charge is -2.19.